The Kier molecular flexibility index (Phi) is 9.11. The van der Waals surface area contributed by atoms with Gasteiger partial charge in [0.25, 0.3) is 5.91 Å². The molecule has 3 N–H and O–H groups in total. The summed E-state index contributed by atoms with van der Waals surface area (Å²) in [6, 6.07) is 12.1. The summed E-state index contributed by atoms with van der Waals surface area (Å²) in [5.41, 5.74) is 2.71. The molecule has 2 aromatic carbocycles. The van der Waals surface area contributed by atoms with E-state index in [1.54, 1.807) is 55.7 Å². The number of pyridine rings is 1. The zero-order valence-electron chi connectivity index (χ0n) is 22.5. The van der Waals surface area contributed by atoms with Crippen molar-refractivity contribution in [3.8, 4) is 17.2 Å². The van der Waals surface area contributed by atoms with Crippen LogP contribution in [0.5, 0.6) is 5.75 Å². The van der Waals surface area contributed by atoms with Crippen LogP contribution >= 0.6 is 0 Å². The zero-order valence-corrected chi connectivity index (χ0v) is 22.5. The molecule has 0 spiro atoms. The van der Waals surface area contributed by atoms with Crippen molar-refractivity contribution in [2.24, 2.45) is 0 Å². The Balaban J connectivity index is 1.39. The predicted octanol–water partition coefficient (Wildman–Crippen LogP) is 5.18. The highest BCUT2D eigenvalue weighted by atomic mass is 19.1. The number of aryl methyl sites for hydroxylation is 2. The molecule has 10 heteroatoms. The van der Waals surface area contributed by atoms with Gasteiger partial charge in [0.15, 0.2) is 0 Å². The number of aromatic nitrogens is 2. The number of carbonyl (C=O) groups is 2. The standard InChI is InChI=1S/C30H31FN4O5/c1-4-20-14-22(31)12-18(3)27(20)28(36)35-25(30(37)38)13-19-6-8-21(9-7-19)29-34-17-24(40-29)16-33-26-15-23(39-5-2)10-11-32-26/h6-12,14-15,17,25H,4-5,13,16H2,1-3H3,(H,32,33)(H,35,36)(H,37,38). The Hall–Kier alpha value is -4.73. The number of hydrogen-bond acceptors (Lipinski definition) is 7. The van der Waals surface area contributed by atoms with Crippen molar-refractivity contribution < 1.29 is 28.2 Å². The maximum Gasteiger partial charge on any atom is 0.326 e. The van der Waals surface area contributed by atoms with Gasteiger partial charge in [0.1, 0.15) is 29.2 Å². The number of amides is 1. The van der Waals surface area contributed by atoms with Gasteiger partial charge in [0, 0.05) is 29.8 Å². The Morgan fingerprint density at radius 3 is 2.58 bits per heavy atom. The van der Waals surface area contributed by atoms with Gasteiger partial charge in [-0.25, -0.2) is 19.2 Å². The zero-order chi connectivity index (χ0) is 28.6. The van der Waals surface area contributed by atoms with Crippen molar-refractivity contribution in [1.29, 1.82) is 0 Å². The molecule has 0 saturated heterocycles. The molecule has 2 heterocycles. The average molecular weight is 547 g/mol. The van der Waals surface area contributed by atoms with Crippen LogP contribution in [0, 0.1) is 12.7 Å². The van der Waals surface area contributed by atoms with Crippen LogP contribution in [0.2, 0.25) is 0 Å². The number of carboxylic acid groups (broad SMARTS) is 1. The van der Waals surface area contributed by atoms with Gasteiger partial charge in [0.2, 0.25) is 5.89 Å². The fourth-order valence-corrected chi connectivity index (χ4v) is 4.33. The van der Waals surface area contributed by atoms with E-state index in [0.717, 1.165) is 11.3 Å². The van der Waals surface area contributed by atoms with Crippen LogP contribution in [-0.2, 0) is 24.2 Å². The van der Waals surface area contributed by atoms with E-state index < -0.39 is 23.7 Å². The molecule has 9 nitrogen and oxygen atoms in total. The summed E-state index contributed by atoms with van der Waals surface area (Å²) >= 11 is 0. The smallest absolute Gasteiger partial charge is 0.326 e. The summed E-state index contributed by atoms with van der Waals surface area (Å²) in [7, 11) is 0. The molecule has 1 atom stereocenters. The molecule has 40 heavy (non-hydrogen) atoms. The first-order valence-corrected chi connectivity index (χ1v) is 13.0. The third kappa shape index (κ3) is 7.02. The second kappa shape index (κ2) is 12.9. The number of halogens is 1. The summed E-state index contributed by atoms with van der Waals surface area (Å²) in [5.74, 6) is 0.258. The minimum absolute atomic E-state index is 0.0671. The van der Waals surface area contributed by atoms with Gasteiger partial charge >= 0.3 is 5.97 Å². The van der Waals surface area contributed by atoms with Crippen LogP contribution in [0.3, 0.4) is 0 Å². The normalized spacial score (nSPS) is 11.6. The molecule has 208 valence electrons. The highest BCUT2D eigenvalue weighted by Crippen LogP contribution is 2.22. The van der Waals surface area contributed by atoms with Crippen LogP contribution in [0.15, 0.2) is 65.3 Å². The first-order chi connectivity index (χ1) is 19.3. The van der Waals surface area contributed by atoms with E-state index in [9.17, 15) is 19.1 Å². The predicted molar refractivity (Wildman–Crippen MR) is 148 cm³/mol. The second-order valence-electron chi connectivity index (χ2n) is 9.17. The number of anilines is 1. The number of carbonyl (C=O) groups excluding carboxylic acids is 1. The number of rotatable bonds is 12. The minimum atomic E-state index is -1.17. The monoisotopic (exact) mass is 546 g/mol. The van der Waals surface area contributed by atoms with E-state index >= 15 is 0 Å². The highest BCUT2D eigenvalue weighted by molar-refractivity contribution is 5.99. The largest absolute Gasteiger partial charge is 0.494 e. The lowest BCUT2D eigenvalue weighted by Gasteiger charge is -2.17. The van der Waals surface area contributed by atoms with Gasteiger partial charge in [-0.1, -0.05) is 19.1 Å². The molecule has 0 aliphatic heterocycles. The van der Waals surface area contributed by atoms with E-state index in [0.29, 0.717) is 59.3 Å². The minimum Gasteiger partial charge on any atom is -0.494 e. The fraction of sp³-hybridized carbons (Fsp3) is 0.267. The molecule has 2 aromatic heterocycles. The Labute approximate surface area is 231 Å². The molecule has 4 rings (SSSR count). The molecule has 0 aliphatic carbocycles. The van der Waals surface area contributed by atoms with Crippen LogP contribution in [-0.4, -0.2) is 39.6 Å². The van der Waals surface area contributed by atoms with Crippen LogP contribution in [0.4, 0.5) is 10.2 Å². The van der Waals surface area contributed by atoms with E-state index in [1.807, 2.05) is 13.8 Å². The van der Waals surface area contributed by atoms with Crippen molar-refractivity contribution in [2.75, 3.05) is 11.9 Å². The van der Waals surface area contributed by atoms with Crippen LogP contribution in [0.25, 0.3) is 11.5 Å². The average Bonchev–Trinajstić information content (AvgIpc) is 3.41. The van der Waals surface area contributed by atoms with Gasteiger partial charge in [-0.05, 0) is 67.3 Å². The summed E-state index contributed by atoms with van der Waals surface area (Å²) in [4.78, 5) is 33.5. The third-order valence-electron chi connectivity index (χ3n) is 6.27. The molecule has 0 fully saturated rings. The molecule has 0 saturated carbocycles. The van der Waals surface area contributed by atoms with Gasteiger partial charge in [-0.2, -0.15) is 0 Å². The number of nitrogens with zero attached hydrogens (tertiary/aromatic N) is 2. The number of ether oxygens (including phenoxy) is 1. The lowest BCUT2D eigenvalue weighted by molar-refractivity contribution is -0.139. The van der Waals surface area contributed by atoms with Gasteiger partial charge < -0.3 is 24.9 Å². The number of aliphatic carboxylic acids is 1. The number of carboxylic acids is 1. The number of nitrogens with one attached hydrogen (secondary N) is 2. The van der Waals surface area contributed by atoms with E-state index in [4.69, 9.17) is 9.15 Å². The van der Waals surface area contributed by atoms with Gasteiger partial charge in [-0.3, -0.25) is 4.79 Å². The number of benzene rings is 2. The van der Waals surface area contributed by atoms with Crippen LogP contribution in [0.1, 0.15) is 46.7 Å². The maximum absolute atomic E-state index is 13.8. The molecule has 1 unspecified atom stereocenters. The molecule has 0 bridgehead atoms. The SMILES string of the molecule is CCOc1ccnc(NCc2cnc(-c3ccc(CC(NC(=O)c4c(C)cc(F)cc4CC)C(=O)O)cc3)o2)c1. The lowest BCUT2D eigenvalue weighted by atomic mass is 9.98. The lowest BCUT2D eigenvalue weighted by Crippen LogP contribution is -2.42. The maximum atomic E-state index is 13.8. The van der Waals surface area contributed by atoms with E-state index in [2.05, 4.69) is 20.6 Å². The first kappa shape index (κ1) is 28.3. The first-order valence-electron chi connectivity index (χ1n) is 13.0. The summed E-state index contributed by atoms with van der Waals surface area (Å²) < 4.78 is 25.1. The molecule has 1 amide bonds. The quantitative estimate of drug-likeness (QED) is 0.222. The number of hydrogen-bond donors (Lipinski definition) is 3. The van der Waals surface area contributed by atoms with Crippen LogP contribution < -0.4 is 15.4 Å². The Morgan fingerprint density at radius 2 is 1.88 bits per heavy atom. The molecular formula is C30H31FN4O5. The van der Waals surface area contributed by atoms with Crippen molar-refractivity contribution in [3.05, 3.63) is 94.8 Å². The molecule has 0 radical (unpaired) electrons. The summed E-state index contributed by atoms with van der Waals surface area (Å²) in [6.45, 7) is 6.30. The molecular weight excluding hydrogens is 515 g/mol. The third-order valence-corrected chi connectivity index (χ3v) is 6.27. The van der Waals surface area contributed by atoms with E-state index in [-0.39, 0.29) is 6.42 Å². The van der Waals surface area contributed by atoms with Crippen molar-refractivity contribution >= 4 is 17.7 Å². The summed E-state index contributed by atoms with van der Waals surface area (Å²) in [6.07, 6.45) is 3.79. The molecule has 0 aliphatic rings. The molecule has 4 aromatic rings. The number of oxazole rings is 1. The van der Waals surface area contributed by atoms with Crippen molar-refractivity contribution in [2.45, 2.75) is 46.2 Å². The summed E-state index contributed by atoms with van der Waals surface area (Å²) in [5, 5.41) is 15.5. The fourth-order valence-electron chi connectivity index (χ4n) is 4.33. The Morgan fingerprint density at radius 1 is 1.10 bits per heavy atom. The van der Waals surface area contributed by atoms with E-state index in [1.165, 1.54) is 12.1 Å². The van der Waals surface area contributed by atoms with Crippen molar-refractivity contribution in [1.82, 2.24) is 15.3 Å². The second-order valence-corrected chi connectivity index (χ2v) is 9.17. The highest BCUT2D eigenvalue weighted by Gasteiger charge is 2.24. The van der Waals surface area contributed by atoms with Gasteiger partial charge in [-0.15, -0.1) is 0 Å². The van der Waals surface area contributed by atoms with Gasteiger partial charge in [0.05, 0.1) is 19.3 Å². The topological polar surface area (TPSA) is 127 Å². The van der Waals surface area contributed by atoms with Crippen molar-refractivity contribution in [3.63, 3.8) is 0 Å². The Bertz CT molecular complexity index is 1490.